The van der Waals surface area contributed by atoms with Crippen molar-refractivity contribution in [2.45, 2.75) is 38.3 Å². The van der Waals surface area contributed by atoms with Crippen LogP contribution in [-0.4, -0.2) is 37.4 Å². The fraction of sp³-hybridized carbons (Fsp3) is 0.318. The minimum Gasteiger partial charge on any atom is -0.455 e. The van der Waals surface area contributed by atoms with Gasteiger partial charge in [0.1, 0.15) is 23.2 Å². The van der Waals surface area contributed by atoms with E-state index in [-0.39, 0.29) is 23.3 Å². The number of imidazole rings is 1. The Morgan fingerprint density at radius 2 is 2.00 bits per heavy atom. The van der Waals surface area contributed by atoms with Crippen LogP contribution in [0.4, 0.5) is 17.6 Å². The number of nitrogens with one attached hydrogen (secondary N) is 1. The molecule has 1 aromatic carbocycles. The molecule has 4 heterocycles. The molecule has 2 N–H and O–H groups in total. The Bertz CT molecular complexity index is 1360. The summed E-state index contributed by atoms with van der Waals surface area (Å²) in [4.78, 5) is 25.4. The molecular formula is C22H18F4N4O4. The smallest absolute Gasteiger partial charge is 0.292 e. The van der Waals surface area contributed by atoms with Gasteiger partial charge >= 0.3 is 0 Å². The van der Waals surface area contributed by atoms with E-state index in [1.54, 1.807) is 0 Å². The number of hydrogen-bond donors (Lipinski definition) is 2. The molecule has 1 aliphatic heterocycles. The number of aromatic amines is 1. The fourth-order valence-electron chi connectivity index (χ4n) is 4.02. The van der Waals surface area contributed by atoms with Crippen LogP contribution in [0.2, 0.25) is 0 Å². The van der Waals surface area contributed by atoms with Gasteiger partial charge in [0.05, 0.1) is 17.4 Å². The number of furan rings is 1. The summed E-state index contributed by atoms with van der Waals surface area (Å²) in [6.07, 6.45) is -1.46. The van der Waals surface area contributed by atoms with Crippen LogP contribution in [0.5, 0.6) is 0 Å². The van der Waals surface area contributed by atoms with Gasteiger partial charge in [-0.25, -0.2) is 27.5 Å². The van der Waals surface area contributed by atoms with E-state index in [1.165, 1.54) is 26.2 Å². The van der Waals surface area contributed by atoms with Crippen LogP contribution in [0.15, 0.2) is 33.4 Å². The molecule has 3 aromatic heterocycles. The number of amides is 1. The normalized spacial score (nSPS) is 16.5. The number of halogens is 4. The van der Waals surface area contributed by atoms with E-state index in [0.29, 0.717) is 17.8 Å². The van der Waals surface area contributed by atoms with Gasteiger partial charge in [-0.05, 0) is 32.0 Å². The van der Waals surface area contributed by atoms with E-state index in [9.17, 15) is 27.5 Å². The van der Waals surface area contributed by atoms with E-state index in [2.05, 4.69) is 15.0 Å². The lowest BCUT2D eigenvalue weighted by Gasteiger charge is -2.33. The van der Waals surface area contributed by atoms with Crippen molar-refractivity contribution >= 4 is 16.9 Å². The maximum atomic E-state index is 14.3. The molecule has 12 heteroatoms. The highest BCUT2D eigenvalue weighted by molar-refractivity contribution is 5.93. The SMILES string of the molecule is CC(C)(O)c1nc(C(F)F)c(C(=O)N2CCc3[nH]cnc3[C@@H]2c2cc3c(F)ccc(F)c3o2)o1. The highest BCUT2D eigenvalue weighted by Gasteiger charge is 2.41. The number of carbonyl (C=O) groups is 1. The van der Waals surface area contributed by atoms with Crippen LogP contribution in [-0.2, 0) is 12.0 Å². The second kappa shape index (κ2) is 7.69. The first-order valence-corrected chi connectivity index (χ1v) is 10.3. The lowest BCUT2D eigenvalue weighted by molar-refractivity contribution is 0.0437. The van der Waals surface area contributed by atoms with Crippen LogP contribution in [0.3, 0.4) is 0 Å². The van der Waals surface area contributed by atoms with Crippen LogP contribution in [0.1, 0.15) is 65.6 Å². The van der Waals surface area contributed by atoms with Crippen molar-refractivity contribution in [1.29, 1.82) is 0 Å². The maximum Gasteiger partial charge on any atom is 0.292 e. The minimum absolute atomic E-state index is 0.0128. The van der Waals surface area contributed by atoms with Crippen LogP contribution in [0.25, 0.3) is 11.0 Å². The summed E-state index contributed by atoms with van der Waals surface area (Å²) in [6.45, 7) is 2.58. The molecule has 0 aliphatic carbocycles. The van der Waals surface area contributed by atoms with Gasteiger partial charge in [-0.2, -0.15) is 0 Å². The lowest BCUT2D eigenvalue weighted by Crippen LogP contribution is -2.40. The topological polar surface area (TPSA) is 108 Å². The summed E-state index contributed by atoms with van der Waals surface area (Å²) in [6, 6.07) is 2.02. The summed E-state index contributed by atoms with van der Waals surface area (Å²) in [5, 5.41) is 10.0. The molecule has 0 radical (unpaired) electrons. The molecule has 178 valence electrons. The average Bonchev–Trinajstić information content (AvgIpc) is 3.52. The van der Waals surface area contributed by atoms with Crippen molar-refractivity contribution in [1.82, 2.24) is 19.9 Å². The zero-order valence-corrected chi connectivity index (χ0v) is 17.9. The average molecular weight is 478 g/mol. The van der Waals surface area contributed by atoms with Crippen LogP contribution in [0, 0.1) is 11.6 Å². The monoisotopic (exact) mass is 478 g/mol. The predicted octanol–water partition coefficient (Wildman–Crippen LogP) is 4.38. The molecule has 0 bridgehead atoms. The van der Waals surface area contributed by atoms with Crippen molar-refractivity contribution < 1.29 is 36.3 Å². The van der Waals surface area contributed by atoms with Crippen molar-refractivity contribution in [3.8, 4) is 0 Å². The summed E-state index contributed by atoms with van der Waals surface area (Å²) >= 11 is 0. The number of nitrogens with zero attached hydrogens (tertiary/aromatic N) is 3. The van der Waals surface area contributed by atoms with Crippen molar-refractivity contribution in [3.63, 3.8) is 0 Å². The fourth-order valence-corrected chi connectivity index (χ4v) is 4.02. The molecule has 0 saturated carbocycles. The zero-order chi connectivity index (χ0) is 24.4. The summed E-state index contributed by atoms with van der Waals surface area (Å²) < 4.78 is 66.9. The quantitative estimate of drug-likeness (QED) is 0.422. The van der Waals surface area contributed by atoms with Gasteiger partial charge in [-0.3, -0.25) is 4.79 Å². The number of benzene rings is 1. The predicted molar refractivity (Wildman–Crippen MR) is 108 cm³/mol. The first kappa shape index (κ1) is 22.1. The number of aliphatic hydroxyl groups is 1. The highest BCUT2D eigenvalue weighted by Crippen LogP contribution is 2.39. The van der Waals surface area contributed by atoms with E-state index in [4.69, 9.17) is 8.83 Å². The van der Waals surface area contributed by atoms with Gasteiger partial charge in [-0.15, -0.1) is 0 Å². The van der Waals surface area contributed by atoms with Gasteiger partial charge in [0, 0.05) is 18.7 Å². The van der Waals surface area contributed by atoms with Crippen LogP contribution < -0.4 is 0 Å². The minimum atomic E-state index is -3.16. The van der Waals surface area contributed by atoms with Gasteiger partial charge in [0.15, 0.2) is 17.1 Å². The third kappa shape index (κ3) is 3.45. The molecule has 8 nitrogen and oxygen atoms in total. The number of oxazole rings is 1. The number of alkyl halides is 2. The second-order valence-electron chi connectivity index (χ2n) is 8.43. The number of rotatable bonds is 4. The second-order valence-corrected chi connectivity index (χ2v) is 8.43. The number of hydrogen-bond acceptors (Lipinski definition) is 6. The Balaban J connectivity index is 1.65. The standard InChI is InChI=1S/C22H18F4N4O4/c1-22(2,32)21-29-15(19(25)26)18(34-21)20(31)30-6-5-12-14(28-8-27-12)16(30)13-7-9-10(23)3-4-11(24)17(9)33-13/h3-4,7-8,16,19,32H,5-6H2,1-2H3,(H,27,28)/t16-/m0/s1. The lowest BCUT2D eigenvalue weighted by atomic mass is 9.99. The van der Waals surface area contributed by atoms with E-state index in [0.717, 1.165) is 17.0 Å². The number of fused-ring (bicyclic) bond motifs is 2. The number of aromatic nitrogens is 3. The maximum absolute atomic E-state index is 14.3. The van der Waals surface area contributed by atoms with Crippen molar-refractivity contribution in [3.05, 3.63) is 70.7 Å². The van der Waals surface area contributed by atoms with Crippen molar-refractivity contribution in [2.75, 3.05) is 6.54 Å². The molecule has 1 atom stereocenters. The van der Waals surface area contributed by atoms with E-state index < -0.39 is 53.0 Å². The zero-order valence-electron chi connectivity index (χ0n) is 17.9. The van der Waals surface area contributed by atoms with E-state index in [1.807, 2.05) is 0 Å². The molecule has 0 unspecified atom stereocenters. The largest absolute Gasteiger partial charge is 0.455 e. The summed E-state index contributed by atoms with van der Waals surface area (Å²) in [5.74, 6) is -3.70. The molecule has 1 aliphatic rings. The van der Waals surface area contributed by atoms with Crippen LogP contribution >= 0.6 is 0 Å². The Hall–Kier alpha value is -3.67. The van der Waals surface area contributed by atoms with Gasteiger partial charge in [-0.1, -0.05) is 0 Å². The molecule has 0 spiro atoms. The molecule has 34 heavy (non-hydrogen) atoms. The molecular weight excluding hydrogens is 460 g/mol. The van der Waals surface area contributed by atoms with Gasteiger partial charge < -0.3 is 23.8 Å². The molecule has 5 rings (SSSR count). The van der Waals surface area contributed by atoms with E-state index >= 15 is 0 Å². The Labute approximate surface area is 189 Å². The summed E-state index contributed by atoms with van der Waals surface area (Å²) in [5.41, 5.74) is -2.00. The molecule has 4 aromatic rings. The number of carbonyl (C=O) groups excluding carboxylic acids is 1. The Kier molecular flexibility index (Phi) is 5.01. The third-order valence-corrected chi connectivity index (χ3v) is 5.63. The third-order valence-electron chi connectivity index (χ3n) is 5.63. The Morgan fingerprint density at radius 3 is 2.68 bits per heavy atom. The first-order chi connectivity index (χ1) is 16.1. The molecule has 1 amide bonds. The summed E-state index contributed by atoms with van der Waals surface area (Å²) in [7, 11) is 0. The van der Waals surface area contributed by atoms with Crippen molar-refractivity contribution in [2.24, 2.45) is 0 Å². The molecule has 0 fully saturated rings. The first-order valence-electron chi connectivity index (χ1n) is 10.3. The van der Waals surface area contributed by atoms with Gasteiger partial charge in [0.2, 0.25) is 11.7 Å². The Morgan fingerprint density at radius 1 is 1.26 bits per heavy atom. The molecule has 0 saturated heterocycles. The number of H-pyrrole nitrogens is 1. The highest BCUT2D eigenvalue weighted by atomic mass is 19.3. The van der Waals surface area contributed by atoms with Gasteiger partial charge in [0.25, 0.3) is 12.3 Å².